The average Bonchev–Trinajstić information content (AvgIpc) is 2.82. The summed E-state index contributed by atoms with van der Waals surface area (Å²) in [6, 6.07) is 2.45. The van der Waals surface area contributed by atoms with Crippen molar-refractivity contribution in [2.45, 2.75) is 18.5 Å². The number of hydrogen-bond donors (Lipinski definition) is 4. The first kappa shape index (κ1) is 30.3. The normalized spacial score (nSPS) is 12.5. The molecule has 0 bridgehead atoms. The first-order chi connectivity index (χ1) is 17.6. The van der Waals surface area contributed by atoms with Gasteiger partial charge in [-0.3, -0.25) is 10.3 Å². The minimum atomic E-state index is -5.51. The number of halogens is 7. The topological polar surface area (TPSA) is 118 Å². The highest BCUT2D eigenvalue weighted by atomic mass is 19.4. The first-order valence-electron chi connectivity index (χ1n) is 10.5. The van der Waals surface area contributed by atoms with Crippen molar-refractivity contribution in [1.82, 2.24) is 10.6 Å². The quantitative estimate of drug-likeness (QED) is 0.222. The number of amides is 3. The van der Waals surface area contributed by atoms with Gasteiger partial charge in [-0.1, -0.05) is 0 Å². The predicted octanol–water partition coefficient (Wildman–Crippen LogP) is 4.20. The molecule has 208 valence electrons. The number of aliphatic hydroxyl groups excluding tert-OH is 1. The standard InChI is InChI=1S/C22H22F7N5O4/c1-31-9-15(35)10-32-19(36)34(11-30)17-8-12(21(24,25)26)7-16(22(27,28)29)18(17)38-20(37)33(2)14-5-3-13(23)4-6-14/h3-8,11,15,30-31,35H,9-10H2,1-2H3,(H,32,36). The number of nitrogens with zero attached hydrogens (tertiary/aromatic N) is 2. The molecule has 0 aliphatic rings. The molecule has 2 aromatic carbocycles. The molecule has 0 aliphatic heterocycles. The number of rotatable bonds is 8. The fraction of sp³-hybridized carbons (Fsp3) is 0.318. The van der Waals surface area contributed by atoms with Gasteiger partial charge in [0.2, 0.25) is 0 Å². The van der Waals surface area contributed by atoms with Crippen molar-refractivity contribution in [3.05, 3.63) is 53.3 Å². The second-order valence-corrected chi connectivity index (χ2v) is 7.67. The van der Waals surface area contributed by atoms with Crippen LogP contribution in [-0.2, 0) is 12.4 Å². The van der Waals surface area contributed by atoms with Crippen LogP contribution in [0.5, 0.6) is 5.75 Å². The molecule has 0 aromatic heterocycles. The zero-order valence-corrected chi connectivity index (χ0v) is 19.7. The summed E-state index contributed by atoms with van der Waals surface area (Å²) in [7, 11) is 2.51. The smallest absolute Gasteiger partial charge is 0.407 e. The largest absolute Gasteiger partial charge is 0.420 e. The third-order valence-corrected chi connectivity index (χ3v) is 4.92. The predicted molar refractivity (Wildman–Crippen MR) is 122 cm³/mol. The highest BCUT2D eigenvalue weighted by molar-refractivity contribution is 6.08. The summed E-state index contributed by atoms with van der Waals surface area (Å²) in [5.74, 6) is -2.19. The Labute approximate surface area is 211 Å². The number of hydrogen-bond acceptors (Lipinski definition) is 6. The Morgan fingerprint density at radius 1 is 1.08 bits per heavy atom. The number of carbonyl (C=O) groups is 2. The maximum absolute atomic E-state index is 13.9. The lowest BCUT2D eigenvalue weighted by Crippen LogP contribution is -2.44. The zero-order valence-electron chi connectivity index (χ0n) is 19.7. The number of benzene rings is 2. The highest BCUT2D eigenvalue weighted by Crippen LogP contribution is 2.46. The Balaban J connectivity index is 2.64. The van der Waals surface area contributed by atoms with Gasteiger partial charge < -0.3 is 20.5 Å². The number of aliphatic hydroxyl groups is 1. The molecule has 0 spiro atoms. The lowest BCUT2D eigenvalue weighted by molar-refractivity contribution is -0.143. The van der Waals surface area contributed by atoms with Crippen LogP contribution in [0.15, 0.2) is 36.4 Å². The van der Waals surface area contributed by atoms with E-state index in [0.717, 1.165) is 31.3 Å². The Morgan fingerprint density at radius 2 is 1.68 bits per heavy atom. The SMILES string of the molecule is CNCC(O)CNC(=O)N(C=N)c1cc(C(F)(F)F)cc(C(F)(F)F)c1OC(=O)N(C)c1ccc(F)cc1. The minimum Gasteiger partial charge on any atom is -0.407 e. The number of alkyl halides is 6. The van der Waals surface area contributed by atoms with Crippen LogP contribution in [0, 0.1) is 11.2 Å². The van der Waals surface area contributed by atoms with E-state index in [1.807, 2.05) is 0 Å². The molecular formula is C22H22F7N5O4. The molecule has 4 N–H and O–H groups in total. The molecule has 0 fully saturated rings. The minimum absolute atomic E-state index is 0.0226. The van der Waals surface area contributed by atoms with Crippen LogP contribution in [-0.4, -0.2) is 56.9 Å². The van der Waals surface area contributed by atoms with Crippen molar-refractivity contribution in [3.8, 4) is 5.75 Å². The lowest BCUT2D eigenvalue weighted by Gasteiger charge is -2.26. The van der Waals surface area contributed by atoms with E-state index in [1.54, 1.807) is 0 Å². The molecule has 2 rings (SSSR count). The van der Waals surface area contributed by atoms with Gasteiger partial charge in [-0.15, -0.1) is 0 Å². The van der Waals surface area contributed by atoms with E-state index in [1.165, 1.54) is 7.05 Å². The fourth-order valence-electron chi connectivity index (χ4n) is 3.04. The van der Waals surface area contributed by atoms with Crippen LogP contribution in [0.25, 0.3) is 0 Å². The number of ether oxygens (including phenoxy) is 1. The van der Waals surface area contributed by atoms with Gasteiger partial charge in [0, 0.05) is 25.8 Å². The fourth-order valence-corrected chi connectivity index (χ4v) is 3.04. The third-order valence-electron chi connectivity index (χ3n) is 4.92. The van der Waals surface area contributed by atoms with Crippen molar-refractivity contribution >= 4 is 29.8 Å². The van der Waals surface area contributed by atoms with Gasteiger partial charge in [0.25, 0.3) is 0 Å². The van der Waals surface area contributed by atoms with Crippen LogP contribution >= 0.6 is 0 Å². The number of carbonyl (C=O) groups excluding carboxylic acids is 2. The van der Waals surface area contributed by atoms with E-state index < -0.39 is 65.5 Å². The Hall–Kier alpha value is -3.92. The molecule has 9 nitrogen and oxygen atoms in total. The van der Waals surface area contributed by atoms with E-state index in [9.17, 15) is 45.4 Å². The van der Waals surface area contributed by atoms with Crippen molar-refractivity contribution in [2.24, 2.45) is 0 Å². The number of urea groups is 1. The highest BCUT2D eigenvalue weighted by Gasteiger charge is 2.42. The Morgan fingerprint density at radius 3 is 2.18 bits per heavy atom. The van der Waals surface area contributed by atoms with Gasteiger partial charge in [0.05, 0.1) is 23.7 Å². The van der Waals surface area contributed by atoms with E-state index in [-0.39, 0.29) is 35.6 Å². The van der Waals surface area contributed by atoms with Gasteiger partial charge in [-0.2, -0.15) is 26.3 Å². The van der Waals surface area contributed by atoms with E-state index in [4.69, 9.17) is 10.1 Å². The van der Waals surface area contributed by atoms with Crippen LogP contribution in [0.2, 0.25) is 0 Å². The second-order valence-electron chi connectivity index (χ2n) is 7.67. The summed E-state index contributed by atoms with van der Waals surface area (Å²) in [4.78, 5) is 26.0. The van der Waals surface area contributed by atoms with Crippen molar-refractivity contribution in [2.75, 3.05) is 37.0 Å². The summed E-state index contributed by atoms with van der Waals surface area (Å²) in [5, 5.41) is 21.9. The summed E-state index contributed by atoms with van der Waals surface area (Å²) in [6.45, 7) is -0.511. The van der Waals surface area contributed by atoms with Crippen molar-refractivity contribution < 1.29 is 50.2 Å². The van der Waals surface area contributed by atoms with Crippen molar-refractivity contribution in [1.29, 1.82) is 5.41 Å². The molecule has 2 aromatic rings. The second kappa shape index (κ2) is 12.1. The molecule has 38 heavy (non-hydrogen) atoms. The molecule has 1 atom stereocenters. The van der Waals surface area contributed by atoms with Gasteiger partial charge in [-0.25, -0.2) is 18.9 Å². The van der Waals surface area contributed by atoms with Crippen LogP contribution < -0.4 is 25.2 Å². The first-order valence-corrected chi connectivity index (χ1v) is 10.5. The van der Waals surface area contributed by atoms with Gasteiger partial charge in [0.1, 0.15) is 11.4 Å². The molecular weight excluding hydrogens is 531 g/mol. The van der Waals surface area contributed by atoms with Gasteiger partial charge in [0.15, 0.2) is 5.75 Å². The van der Waals surface area contributed by atoms with Gasteiger partial charge >= 0.3 is 24.5 Å². The lowest BCUT2D eigenvalue weighted by atomic mass is 10.1. The van der Waals surface area contributed by atoms with Crippen LogP contribution in [0.4, 0.5) is 51.7 Å². The summed E-state index contributed by atoms with van der Waals surface area (Å²) in [6.07, 6.45) is -13.4. The maximum atomic E-state index is 13.9. The molecule has 0 aliphatic carbocycles. The molecule has 0 radical (unpaired) electrons. The summed E-state index contributed by atoms with van der Waals surface area (Å²) >= 11 is 0. The van der Waals surface area contributed by atoms with E-state index in [2.05, 4.69) is 10.6 Å². The van der Waals surface area contributed by atoms with Crippen LogP contribution in [0.3, 0.4) is 0 Å². The van der Waals surface area contributed by atoms with Crippen molar-refractivity contribution in [3.63, 3.8) is 0 Å². The number of likely N-dealkylation sites (N-methyl/N-ethyl adjacent to an activating group) is 1. The number of anilines is 2. The zero-order chi connectivity index (χ0) is 28.8. The molecule has 3 amide bonds. The van der Waals surface area contributed by atoms with E-state index in [0.29, 0.717) is 4.90 Å². The third kappa shape index (κ3) is 7.55. The number of nitrogens with one attached hydrogen (secondary N) is 3. The maximum Gasteiger partial charge on any atom is 0.420 e. The summed E-state index contributed by atoms with van der Waals surface area (Å²) in [5.41, 5.74) is -5.18. The van der Waals surface area contributed by atoms with Crippen LogP contribution in [0.1, 0.15) is 11.1 Å². The molecule has 0 heterocycles. The van der Waals surface area contributed by atoms with Gasteiger partial charge in [-0.05, 0) is 43.4 Å². The monoisotopic (exact) mass is 553 g/mol. The Kier molecular flexibility index (Phi) is 9.64. The molecule has 0 saturated heterocycles. The Bertz CT molecular complexity index is 1160. The molecule has 16 heteroatoms. The molecule has 1 unspecified atom stereocenters. The average molecular weight is 553 g/mol. The summed E-state index contributed by atoms with van der Waals surface area (Å²) < 4.78 is 100. The van der Waals surface area contributed by atoms with E-state index >= 15 is 0 Å². The molecule has 0 saturated carbocycles.